The van der Waals surface area contributed by atoms with E-state index in [0.717, 1.165) is 27.1 Å². The third-order valence-corrected chi connectivity index (χ3v) is 15.0. The largest absolute Gasteiger partial charge is 0.395 e. The Morgan fingerprint density at radius 1 is 0.620 bits per heavy atom. The molecule has 4 nitrogen and oxygen atoms in total. The van der Waals surface area contributed by atoms with Gasteiger partial charge in [0.1, 0.15) is 29.7 Å². The Hall–Kier alpha value is -4.17. The van der Waals surface area contributed by atoms with Crippen molar-refractivity contribution in [1.29, 1.82) is 0 Å². The van der Waals surface area contributed by atoms with E-state index in [1.807, 2.05) is 105 Å². The SMILES string of the molecule is CC1(C)O[C@H]2[C@H](O1)C(COC(c1ccccc1)(c1ccccc1)c1ccccc1)=C(F)[C@@H]2O[Si](c1ccccc1)(c1ccccc1)C(C)(C)C. The number of rotatable bonds is 10. The molecule has 0 spiro atoms. The molecule has 0 N–H and O–H groups in total. The van der Waals surface area contributed by atoms with Crippen LogP contribution in [0.1, 0.15) is 51.3 Å². The zero-order chi connectivity index (χ0) is 35.0. The summed E-state index contributed by atoms with van der Waals surface area (Å²) in [7, 11) is -3.16. The second kappa shape index (κ2) is 13.5. The summed E-state index contributed by atoms with van der Waals surface area (Å²) in [6.07, 6.45) is -2.37. The van der Waals surface area contributed by atoms with Crippen molar-refractivity contribution in [1.82, 2.24) is 0 Å². The zero-order valence-electron chi connectivity index (χ0n) is 29.4. The molecule has 6 heteroatoms. The van der Waals surface area contributed by atoms with Crippen LogP contribution in [0.15, 0.2) is 163 Å². The van der Waals surface area contributed by atoms with Gasteiger partial charge in [-0.05, 0) is 45.9 Å². The molecule has 0 bridgehead atoms. The lowest BCUT2D eigenvalue weighted by Gasteiger charge is -2.45. The van der Waals surface area contributed by atoms with Crippen molar-refractivity contribution < 1.29 is 23.0 Å². The number of halogens is 1. The minimum atomic E-state index is -3.16. The summed E-state index contributed by atoms with van der Waals surface area (Å²) in [6, 6.07) is 51.0. The molecule has 7 rings (SSSR count). The van der Waals surface area contributed by atoms with Crippen LogP contribution >= 0.6 is 0 Å². The fourth-order valence-electron chi connectivity index (χ4n) is 7.85. The van der Waals surface area contributed by atoms with Gasteiger partial charge in [-0.1, -0.05) is 172 Å². The molecule has 5 aromatic carbocycles. The Morgan fingerprint density at radius 3 is 1.42 bits per heavy atom. The summed E-state index contributed by atoms with van der Waals surface area (Å²) in [6.45, 7) is 10.3. The molecule has 1 saturated heterocycles. The first-order chi connectivity index (χ1) is 24.1. The van der Waals surface area contributed by atoms with E-state index in [2.05, 4.69) is 81.4 Å². The number of hydrogen-bond acceptors (Lipinski definition) is 4. The lowest BCUT2D eigenvalue weighted by Crippen LogP contribution is -2.68. The average Bonchev–Trinajstić information content (AvgIpc) is 3.57. The third kappa shape index (κ3) is 5.99. The van der Waals surface area contributed by atoms with Crippen molar-refractivity contribution in [2.24, 2.45) is 0 Å². The van der Waals surface area contributed by atoms with Crippen molar-refractivity contribution in [3.8, 4) is 0 Å². The summed E-state index contributed by atoms with van der Waals surface area (Å²) in [5.41, 5.74) is 2.21. The van der Waals surface area contributed by atoms with E-state index < -0.39 is 38.0 Å². The second-order valence-corrected chi connectivity index (χ2v) is 18.9. The van der Waals surface area contributed by atoms with Gasteiger partial charge in [-0.15, -0.1) is 0 Å². The van der Waals surface area contributed by atoms with Gasteiger partial charge in [-0.25, -0.2) is 4.39 Å². The fourth-order valence-corrected chi connectivity index (χ4v) is 12.5. The molecule has 0 amide bonds. The topological polar surface area (TPSA) is 36.9 Å². The lowest BCUT2D eigenvalue weighted by atomic mass is 9.80. The third-order valence-electron chi connectivity index (χ3n) is 10.0. The normalized spacial score (nSPS) is 20.6. The van der Waals surface area contributed by atoms with E-state index in [0.29, 0.717) is 5.57 Å². The molecular weight excluding hydrogens is 640 g/mol. The van der Waals surface area contributed by atoms with E-state index in [-0.39, 0.29) is 17.5 Å². The van der Waals surface area contributed by atoms with Crippen LogP contribution in [0.5, 0.6) is 0 Å². The summed E-state index contributed by atoms with van der Waals surface area (Å²) in [4.78, 5) is 0. The van der Waals surface area contributed by atoms with Crippen LogP contribution in [0, 0.1) is 0 Å². The molecule has 1 heterocycles. The molecule has 0 radical (unpaired) electrons. The standard InChI is InChI=1S/C44H45FO4Si/c1-42(2,3)50(35-27-17-9-18-28-35,36-29-19-10-20-30-36)49-40-38(45)37(39-41(40)48-43(4,5)47-39)31-46-44(32-21-11-6-12-22-32,33-23-13-7-14-24-33)34-25-15-8-16-26-34/h6-30,39-41H,31H2,1-5H3/t39-,40+,41+/m1/s1. The maximum Gasteiger partial charge on any atom is 0.262 e. The summed E-state index contributed by atoms with van der Waals surface area (Å²) in [5, 5.41) is 1.78. The summed E-state index contributed by atoms with van der Waals surface area (Å²) < 4.78 is 45.1. The zero-order valence-corrected chi connectivity index (χ0v) is 30.4. The van der Waals surface area contributed by atoms with Gasteiger partial charge in [-0.2, -0.15) is 0 Å². The van der Waals surface area contributed by atoms with E-state index in [1.165, 1.54) is 0 Å². The Labute approximate surface area is 296 Å². The van der Waals surface area contributed by atoms with E-state index in [9.17, 15) is 0 Å². The van der Waals surface area contributed by atoms with Gasteiger partial charge in [0.15, 0.2) is 5.79 Å². The molecule has 1 fully saturated rings. The minimum Gasteiger partial charge on any atom is -0.395 e. The lowest BCUT2D eigenvalue weighted by molar-refractivity contribution is -0.154. The van der Waals surface area contributed by atoms with Crippen LogP contribution in [0.3, 0.4) is 0 Å². The highest BCUT2D eigenvalue weighted by Crippen LogP contribution is 2.48. The fraction of sp³-hybridized carbons (Fsp3) is 0.273. The van der Waals surface area contributed by atoms with Crippen molar-refractivity contribution in [2.45, 2.75) is 69.4 Å². The molecule has 2 aliphatic rings. The van der Waals surface area contributed by atoms with Crippen molar-refractivity contribution >= 4 is 18.7 Å². The Balaban J connectivity index is 1.36. The van der Waals surface area contributed by atoms with Gasteiger partial charge in [0.05, 0.1) is 6.61 Å². The maximum atomic E-state index is 17.5. The monoisotopic (exact) mass is 684 g/mol. The van der Waals surface area contributed by atoms with Crippen LogP contribution < -0.4 is 10.4 Å². The van der Waals surface area contributed by atoms with Gasteiger partial charge >= 0.3 is 0 Å². The Morgan fingerprint density at radius 2 is 1.02 bits per heavy atom. The first-order valence-electron chi connectivity index (χ1n) is 17.4. The smallest absolute Gasteiger partial charge is 0.262 e. The van der Waals surface area contributed by atoms with Gasteiger partial charge in [0, 0.05) is 5.57 Å². The molecule has 0 unspecified atom stereocenters. The maximum absolute atomic E-state index is 17.5. The molecule has 5 aromatic rings. The number of hydrogen-bond donors (Lipinski definition) is 0. The van der Waals surface area contributed by atoms with E-state index >= 15 is 4.39 Å². The molecule has 3 atom stereocenters. The number of ether oxygens (including phenoxy) is 3. The molecule has 0 aromatic heterocycles. The molecule has 0 saturated carbocycles. The van der Waals surface area contributed by atoms with Crippen molar-refractivity contribution in [3.05, 3.63) is 180 Å². The molecule has 50 heavy (non-hydrogen) atoms. The van der Waals surface area contributed by atoms with E-state index in [1.54, 1.807) is 0 Å². The van der Waals surface area contributed by atoms with Gasteiger partial charge in [0.25, 0.3) is 8.32 Å². The first-order valence-corrected chi connectivity index (χ1v) is 19.3. The number of benzene rings is 5. The molecule has 1 aliphatic heterocycles. The summed E-state index contributed by atoms with van der Waals surface area (Å²) in [5.74, 6) is -1.32. The van der Waals surface area contributed by atoms with Gasteiger partial charge in [-0.3, -0.25) is 0 Å². The molecule has 1 aliphatic carbocycles. The van der Waals surface area contributed by atoms with Gasteiger partial charge in [0.2, 0.25) is 0 Å². The Kier molecular flexibility index (Phi) is 9.26. The van der Waals surface area contributed by atoms with Crippen LogP contribution in [-0.4, -0.2) is 39.0 Å². The Bertz CT molecular complexity index is 1770. The van der Waals surface area contributed by atoms with Crippen LogP contribution in [-0.2, 0) is 24.2 Å². The predicted octanol–water partition coefficient (Wildman–Crippen LogP) is 8.70. The van der Waals surface area contributed by atoms with Crippen molar-refractivity contribution in [3.63, 3.8) is 0 Å². The quantitative estimate of drug-likeness (QED) is 0.109. The minimum absolute atomic E-state index is 0.0360. The number of fused-ring (bicyclic) bond motifs is 1. The summed E-state index contributed by atoms with van der Waals surface area (Å²) >= 11 is 0. The first kappa shape index (κ1) is 34.3. The van der Waals surface area contributed by atoms with Gasteiger partial charge < -0.3 is 18.6 Å². The predicted molar refractivity (Wildman–Crippen MR) is 200 cm³/mol. The highest BCUT2D eigenvalue weighted by Gasteiger charge is 2.60. The van der Waals surface area contributed by atoms with Crippen LogP contribution in [0.2, 0.25) is 5.04 Å². The second-order valence-electron chi connectivity index (χ2n) is 14.7. The van der Waals surface area contributed by atoms with E-state index in [4.69, 9.17) is 18.6 Å². The highest BCUT2D eigenvalue weighted by molar-refractivity contribution is 6.99. The molecule has 256 valence electrons. The average molecular weight is 685 g/mol. The van der Waals surface area contributed by atoms with Crippen LogP contribution in [0.4, 0.5) is 4.39 Å². The molecular formula is C44H45FO4Si. The van der Waals surface area contributed by atoms with Crippen LogP contribution in [0.25, 0.3) is 0 Å². The van der Waals surface area contributed by atoms with Crippen molar-refractivity contribution in [2.75, 3.05) is 6.61 Å². The highest BCUT2D eigenvalue weighted by atomic mass is 28.4.